The summed E-state index contributed by atoms with van der Waals surface area (Å²) in [7, 11) is 0. The van der Waals surface area contributed by atoms with Crippen molar-refractivity contribution in [2.45, 2.75) is 18.8 Å². The summed E-state index contributed by atoms with van der Waals surface area (Å²) in [4.78, 5) is 8.26. The number of benzene rings is 1. The molecule has 1 heterocycles. The Morgan fingerprint density at radius 3 is 2.74 bits per heavy atom. The smallest absolute Gasteiger partial charge is 0.224 e. The second kappa shape index (κ2) is 4.46. The molecule has 2 aromatic rings. The predicted octanol–water partition coefficient (Wildman–Crippen LogP) is 3.01. The lowest BCUT2D eigenvalue weighted by Crippen LogP contribution is -2.01. The van der Waals surface area contributed by atoms with Gasteiger partial charge in [-0.25, -0.2) is 9.37 Å². The SMILES string of the molecule is Nc1cc(Oc2cccc(F)c2F)nc(C2CC2)n1. The molecule has 1 fully saturated rings. The Labute approximate surface area is 108 Å². The zero-order valence-electron chi connectivity index (χ0n) is 9.94. The number of ether oxygens (including phenoxy) is 1. The molecule has 0 saturated heterocycles. The van der Waals surface area contributed by atoms with Gasteiger partial charge in [0.25, 0.3) is 0 Å². The van der Waals surface area contributed by atoms with Crippen LogP contribution in [0.15, 0.2) is 24.3 Å². The first kappa shape index (κ1) is 11.8. The summed E-state index contributed by atoms with van der Waals surface area (Å²) in [6.45, 7) is 0. The van der Waals surface area contributed by atoms with Gasteiger partial charge in [0.05, 0.1) is 0 Å². The van der Waals surface area contributed by atoms with Crippen LogP contribution in [0.25, 0.3) is 0 Å². The van der Waals surface area contributed by atoms with Crippen LogP contribution in [0.1, 0.15) is 24.6 Å². The van der Waals surface area contributed by atoms with Crippen molar-refractivity contribution in [2.24, 2.45) is 0 Å². The molecule has 0 spiro atoms. The summed E-state index contributed by atoms with van der Waals surface area (Å²) < 4.78 is 31.8. The van der Waals surface area contributed by atoms with Crippen molar-refractivity contribution in [3.63, 3.8) is 0 Å². The van der Waals surface area contributed by atoms with Gasteiger partial charge in [0, 0.05) is 12.0 Å². The van der Waals surface area contributed by atoms with Gasteiger partial charge in [-0.3, -0.25) is 0 Å². The first-order valence-corrected chi connectivity index (χ1v) is 5.90. The number of nitrogens with two attached hydrogens (primary N) is 1. The van der Waals surface area contributed by atoms with E-state index in [1.807, 2.05) is 0 Å². The van der Waals surface area contributed by atoms with E-state index in [1.165, 1.54) is 18.2 Å². The summed E-state index contributed by atoms with van der Waals surface area (Å²) in [6.07, 6.45) is 2.02. The molecule has 0 bridgehead atoms. The van der Waals surface area contributed by atoms with Crippen LogP contribution in [0, 0.1) is 11.6 Å². The van der Waals surface area contributed by atoms with Crippen LogP contribution in [-0.2, 0) is 0 Å². The molecule has 98 valence electrons. The third-order valence-corrected chi connectivity index (χ3v) is 2.81. The molecule has 0 atom stereocenters. The first-order valence-electron chi connectivity index (χ1n) is 5.90. The quantitative estimate of drug-likeness (QED) is 0.924. The van der Waals surface area contributed by atoms with Crippen LogP contribution in [0.4, 0.5) is 14.6 Å². The lowest BCUT2D eigenvalue weighted by Gasteiger charge is -2.08. The summed E-state index contributed by atoms with van der Waals surface area (Å²) >= 11 is 0. The molecule has 1 aliphatic rings. The molecule has 0 unspecified atom stereocenters. The van der Waals surface area contributed by atoms with Crippen LogP contribution < -0.4 is 10.5 Å². The van der Waals surface area contributed by atoms with E-state index in [4.69, 9.17) is 10.5 Å². The van der Waals surface area contributed by atoms with E-state index in [0.717, 1.165) is 18.9 Å². The third kappa shape index (κ3) is 2.47. The van der Waals surface area contributed by atoms with Crippen molar-refractivity contribution >= 4 is 5.82 Å². The van der Waals surface area contributed by atoms with E-state index in [9.17, 15) is 8.78 Å². The van der Waals surface area contributed by atoms with Crippen molar-refractivity contribution < 1.29 is 13.5 Å². The molecule has 19 heavy (non-hydrogen) atoms. The van der Waals surface area contributed by atoms with Gasteiger partial charge >= 0.3 is 0 Å². The molecule has 3 rings (SSSR count). The van der Waals surface area contributed by atoms with Gasteiger partial charge in [0.15, 0.2) is 11.6 Å². The number of aromatic nitrogens is 2. The average molecular weight is 263 g/mol. The van der Waals surface area contributed by atoms with Gasteiger partial charge in [-0.15, -0.1) is 0 Å². The van der Waals surface area contributed by atoms with Gasteiger partial charge < -0.3 is 10.5 Å². The number of halogens is 2. The molecule has 6 heteroatoms. The Kier molecular flexibility index (Phi) is 2.77. The maximum Gasteiger partial charge on any atom is 0.224 e. The number of nitrogen functional groups attached to an aromatic ring is 1. The largest absolute Gasteiger partial charge is 0.436 e. The molecular weight excluding hydrogens is 252 g/mol. The van der Waals surface area contributed by atoms with E-state index >= 15 is 0 Å². The molecule has 4 nitrogen and oxygen atoms in total. The topological polar surface area (TPSA) is 61.0 Å². The van der Waals surface area contributed by atoms with Crippen LogP contribution in [-0.4, -0.2) is 9.97 Å². The highest BCUT2D eigenvalue weighted by molar-refractivity contribution is 5.37. The van der Waals surface area contributed by atoms with Crippen LogP contribution in [0.3, 0.4) is 0 Å². The van der Waals surface area contributed by atoms with Gasteiger partial charge in [-0.05, 0) is 25.0 Å². The van der Waals surface area contributed by atoms with E-state index in [0.29, 0.717) is 11.7 Å². The van der Waals surface area contributed by atoms with E-state index in [-0.39, 0.29) is 17.4 Å². The number of hydrogen-bond donors (Lipinski definition) is 1. The van der Waals surface area contributed by atoms with Crippen molar-refractivity contribution in [3.05, 3.63) is 41.7 Å². The first-order chi connectivity index (χ1) is 9.13. The monoisotopic (exact) mass is 263 g/mol. The van der Waals surface area contributed by atoms with Crippen molar-refractivity contribution in [3.8, 4) is 11.6 Å². The highest BCUT2D eigenvalue weighted by Gasteiger charge is 2.27. The van der Waals surface area contributed by atoms with Gasteiger partial charge in [0.2, 0.25) is 11.7 Å². The number of rotatable bonds is 3. The fourth-order valence-corrected chi connectivity index (χ4v) is 1.71. The molecule has 1 aliphatic carbocycles. The summed E-state index contributed by atoms with van der Waals surface area (Å²) in [5, 5.41) is 0. The third-order valence-electron chi connectivity index (χ3n) is 2.81. The van der Waals surface area contributed by atoms with Crippen LogP contribution in [0.2, 0.25) is 0 Å². The highest BCUT2D eigenvalue weighted by atomic mass is 19.2. The molecule has 0 amide bonds. The van der Waals surface area contributed by atoms with Crippen molar-refractivity contribution in [1.29, 1.82) is 0 Å². The predicted molar refractivity (Wildman–Crippen MR) is 64.9 cm³/mol. The van der Waals surface area contributed by atoms with Crippen molar-refractivity contribution in [1.82, 2.24) is 9.97 Å². The highest BCUT2D eigenvalue weighted by Crippen LogP contribution is 2.39. The second-order valence-electron chi connectivity index (χ2n) is 4.42. The summed E-state index contributed by atoms with van der Waals surface area (Å²) in [5.41, 5.74) is 5.65. The maximum atomic E-state index is 13.5. The standard InChI is InChI=1S/C13H11F2N3O/c14-8-2-1-3-9(12(8)15)19-11-6-10(16)17-13(18-11)7-4-5-7/h1-3,6-7H,4-5H2,(H2,16,17,18). The zero-order chi connectivity index (χ0) is 13.4. The van der Waals surface area contributed by atoms with E-state index < -0.39 is 11.6 Å². The molecule has 1 aromatic heterocycles. The minimum Gasteiger partial charge on any atom is -0.436 e. The Balaban J connectivity index is 1.92. The number of anilines is 1. The molecule has 0 radical (unpaired) electrons. The zero-order valence-corrected chi connectivity index (χ0v) is 9.94. The van der Waals surface area contributed by atoms with E-state index in [1.54, 1.807) is 0 Å². The molecular formula is C13H11F2N3O. The Morgan fingerprint density at radius 2 is 2.00 bits per heavy atom. The summed E-state index contributed by atoms with van der Waals surface area (Å²) in [6, 6.07) is 5.09. The fourth-order valence-electron chi connectivity index (χ4n) is 1.71. The Bertz CT molecular complexity index is 629. The maximum absolute atomic E-state index is 13.5. The van der Waals surface area contributed by atoms with Gasteiger partial charge in [-0.1, -0.05) is 6.07 Å². The lowest BCUT2D eigenvalue weighted by molar-refractivity contribution is 0.403. The molecule has 2 N–H and O–H groups in total. The number of nitrogens with zero attached hydrogens (tertiary/aromatic N) is 2. The van der Waals surface area contributed by atoms with Crippen LogP contribution >= 0.6 is 0 Å². The Hall–Kier alpha value is -2.24. The fraction of sp³-hybridized carbons (Fsp3) is 0.231. The second-order valence-corrected chi connectivity index (χ2v) is 4.42. The van der Waals surface area contributed by atoms with Gasteiger partial charge in [0.1, 0.15) is 11.6 Å². The minimum atomic E-state index is -1.05. The van der Waals surface area contributed by atoms with Gasteiger partial charge in [-0.2, -0.15) is 9.37 Å². The summed E-state index contributed by atoms with van der Waals surface area (Å²) in [5.74, 6) is -0.980. The van der Waals surface area contributed by atoms with E-state index in [2.05, 4.69) is 9.97 Å². The molecule has 1 aromatic carbocycles. The normalized spacial score (nSPS) is 14.4. The molecule has 0 aliphatic heterocycles. The van der Waals surface area contributed by atoms with Crippen molar-refractivity contribution in [2.75, 3.05) is 5.73 Å². The lowest BCUT2D eigenvalue weighted by atomic mass is 10.3. The van der Waals surface area contributed by atoms with Crippen LogP contribution in [0.5, 0.6) is 11.6 Å². The Morgan fingerprint density at radius 1 is 1.21 bits per heavy atom. The molecule has 1 saturated carbocycles. The minimum absolute atomic E-state index is 0.124. The number of hydrogen-bond acceptors (Lipinski definition) is 4. The average Bonchev–Trinajstić information content (AvgIpc) is 3.18.